The summed E-state index contributed by atoms with van der Waals surface area (Å²) in [5.74, 6) is 2.13. The van der Waals surface area contributed by atoms with Gasteiger partial charge in [-0.25, -0.2) is 0 Å². The predicted octanol–water partition coefficient (Wildman–Crippen LogP) is 5.95. The molecule has 0 fully saturated rings. The van der Waals surface area contributed by atoms with Crippen molar-refractivity contribution in [2.75, 3.05) is 11.5 Å². The normalized spacial score (nSPS) is 11.8. The van der Waals surface area contributed by atoms with E-state index >= 15 is 0 Å². The Balaban J connectivity index is 2.63. The van der Waals surface area contributed by atoms with Crippen molar-refractivity contribution in [1.82, 2.24) is 0 Å². The average Bonchev–Trinajstić information content (AvgIpc) is 2.38. The van der Waals surface area contributed by atoms with Crippen LogP contribution in [0.5, 0.6) is 0 Å². The van der Waals surface area contributed by atoms with E-state index in [-0.39, 0.29) is 0 Å². The number of hydrogen-bond donors (Lipinski definition) is 1. The average molecular weight is 303 g/mol. The largest absolute Gasteiger partial charge is 0.179 e. The van der Waals surface area contributed by atoms with E-state index in [1.54, 1.807) is 0 Å². The van der Waals surface area contributed by atoms with Gasteiger partial charge in [-0.3, -0.25) is 0 Å². The molecule has 1 aromatic carbocycles. The van der Waals surface area contributed by atoms with Crippen molar-refractivity contribution >= 4 is 36.0 Å². The smallest absolute Gasteiger partial charge is 0.0406 e. The molecule has 1 aromatic rings. The van der Waals surface area contributed by atoms with Crippen LogP contribution in [-0.2, 0) is 0 Å². The Bertz CT molecular complexity index is 329. The van der Waals surface area contributed by atoms with Crippen LogP contribution in [0.15, 0.2) is 29.2 Å². The van der Waals surface area contributed by atoms with Gasteiger partial charge in [0.2, 0.25) is 0 Å². The highest BCUT2D eigenvalue weighted by Crippen LogP contribution is 2.37. The van der Waals surface area contributed by atoms with Gasteiger partial charge >= 0.3 is 0 Å². The summed E-state index contributed by atoms with van der Waals surface area (Å²) in [5.41, 5.74) is 0.386. The minimum Gasteiger partial charge on any atom is -0.179 e. The third-order valence-electron chi connectivity index (χ3n) is 3.25. The fourth-order valence-electron chi connectivity index (χ4n) is 2.30. The number of hydrogen-bond acceptors (Lipinski definition) is 2. The van der Waals surface area contributed by atoms with E-state index in [0.717, 1.165) is 16.5 Å². The second-order valence-electron chi connectivity index (χ2n) is 4.90. The molecule has 0 amide bonds. The van der Waals surface area contributed by atoms with E-state index in [4.69, 9.17) is 11.6 Å². The molecular formula is C15H23ClS2. The van der Waals surface area contributed by atoms with Crippen LogP contribution in [0.2, 0.25) is 5.02 Å². The summed E-state index contributed by atoms with van der Waals surface area (Å²) in [6, 6.07) is 8.14. The molecule has 0 bridgehead atoms. The number of thiol groups is 1. The number of halogens is 1. The van der Waals surface area contributed by atoms with E-state index in [1.807, 2.05) is 23.9 Å². The molecule has 0 radical (unpaired) electrons. The molecule has 0 N–H and O–H groups in total. The van der Waals surface area contributed by atoms with Crippen LogP contribution in [0.1, 0.15) is 39.5 Å². The minimum absolute atomic E-state index is 0.386. The summed E-state index contributed by atoms with van der Waals surface area (Å²) in [7, 11) is 0. The van der Waals surface area contributed by atoms with Crippen molar-refractivity contribution in [3.05, 3.63) is 29.3 Å². The molecule has 18 heavy (non-hydrogen) atoms. The quantitative estimate of drug-likeness (QED) is 0.457. The van der Waals surface area contributed by atoms with Crippen molar-refractivity contribution in [2.24, 2.45) is 5.41 Å². The number of thioether (sulfide) groups is 1. The van der Waals surface area contributed by atoms with Gasteiger partial charge in [-0.05, 0) is 48.3 Å². The van der Waals surface area contributed by atoms with Crippen molar-refractivity contribution in [3.63, 3.8) is 0 Å². The van der Waals surface area contributed by atoms with E-state index in [0.29, 0.717) is 5.41 Å². The lowest BCUT2D eigenvalue weighted by molar-refractivity contribution is 0.318. The zero-order valence-electron chi connectivity index (χ0n) is 11.3. The topological polar surface area (TPSA) is 0 Å². The SMILES string of the molecule is CCCC(CS)(CCC)CSc1ccc(Cl)cc1. The molecule has 0 atom stereocenters. The Morgan fingerprint density at radius 2 is 1.67 bits per heavy atom. The first-order chi connectivity index (χ1) is 8.65. The first-order valence-electron chi connectivity index (χ1n) is 6.65. The highest BCUT2D eigenvalue weighted by atomic mass is 35.5. The number of benzene rings is 1. The Morgan fingerprint density at radius 1 is 1.11 bits per heavy atom. The molecule has 0 aliphatic heterocycles. The Morgan fingerprint density at radius 3 is 2.11 bits per heavy atom. The fourth-order valence-corrected chi connectivity index (χ4v) is 4.20. The van der Waals surface area contributed by atoms with Crippen LogP contribution >= 0.6 is 36.0 Å². The fraction of sp³-hybridized carbons (Fsp3) is 0.600. The van der Waals surface area contributed by atoms with Gasteiger partial charge in [-0.2, -0.15) is 12.6 Å². The predicted molar refractivity (Wildman–Crippen MR) is 88.3 cm³/mol. The lowest BCUT2D eigenvalue weighted by atomic mass is 9.83. The van der Waals surface area contributed by atoms with Crippen LogP contribution in [-0.4, -0.2) is 11.5 Å². The Hall–Kier alpha value is 0.210. The molecule has 0 saturated carbocycles. The molecule has 0 aliphatic carbocycles. The third-order valence-corrected chi connectivity index (χ3v) is 5.54. The summed E-state index contributed by atoms with van der Waals surface area (Å²) in [4.78, 5) is 1.30. The highest BCUT2D eigenvalue weighted by molar-refractivity contribution is 7.99. The Kier molecular flexibility index (Phi) is 7.59. The molecule has 102 valence electrons. The molecule has 1 rings (SSSR count). The summed E-state index contributed by atoms with van der Waals surface area (Å²) in [5, 5.41) is 0.807. The van der Waals surface area contributed by atoms with Crippen LogP contribution in [0.25, 0.3) is 0 Å². The van der Waals surface area contributed by atoms with E-state index in [1.165, 1.54) is 30.6 Å². The summed E-state index contributed by atoms with van der Waals surface area (Å²) >= 11 is 12.4. The maximum Gasteiger partial charge on any atom is 0.0406 e. The lowest BCUT2D eigenvalue weighted by Crippen LogP contribution is -2.25. The highest BCUT2D eigenvalue weighted by Gasteiger charge is 2.26. The van der Waals surface area contributed by atoms with Gasteiger partial charge in [0, 0.05) is 15.7 Å². The molecule has 0 aliphatic rings. The van der Waals surface area contributed by atoms with E-state index in [9.17, 15) is 0 Å². The zero-order valence-corrected chi connectivity index (χ0v) is 13.8. The molecule has 0 saturated heterocycles. The number of rotatable bonds is 8. The van der Waals surface area contributed by atoms with Gasteiger partial charge in [0.25, 0.3) is 0 Å². The van der Waals surface area contributed by atoms with E-state index < -0.39 is 0 Å². The molecule has 0 nitrogen and oxygen atoms in total. The van der Waals surface area contributed by atoms with Gasteiger partial charge in [0.15, 0.2) is 0 Å². The van der Waals surface area contributed by atoms with Crippen molar-refractivity contribution < 1.29 is 0 Å². The molecule has 0 heterocycles. The second-order valence-corrected chi connectivity index (χ2v) is 6.70. The molecule has 3 heteroatoms. The van der Waals surface area contributed by atoms with Gasteiger partial charge in [-0.15, -0.1) is 11.8 Å². The summed E-state index contributed by atoms with van der Waals surface area (Å²) < 4.78 is 0. The van der Waals surface area contributed by atoms with Crippen LogP contribution in [0.3, 0.4) is 0 Å². The maximum atomic E-state index is 5.91. The summed E-state index contributed by atoms with van der Waals surface area (Å²) in [6.07, 6.45) is 5.01. The van der Waals surface area contributed by atoms with Crippen LogP contribution < -0.4 is 0 Å². The van der Waals surface area contributed by atoms with Gasteiger partial charge in [-0.1, -0.05) is 38.3 Å². The monoisotopic (exact) mass is 302 g/mol. The first-order valence-corrected chi connectivity index (χ1v) is 8.64. The molecule has 0 aromatic heterocycles. The zero-order chi connectivity index (χ0) is 13.4. The Labute approximate surface area is 126 Å². The van der Waals surface area contributed by atoms with Crippen LogP contribution in [0, 0.1) is 5.41 Å². The summed E-state index contributed by atoms with van der Waals surface area (Å²) in [6.45, 7) is 4.53. The van der Waals surface area contributed by atoms with Gasteiger partial charge in [0.05, 0.1) is 0 Å². The lowest BCUT2D eigenvalue weighted by Gasteiger charge is -2.31. The molecular weight excluding hydrogens is 280 g/mol. The van der Waals surface area contributed by atoms with Gasteiger partial charge < -0.3 is 0 Å². The van der Waals surface area contributed by atoms with E-state index in [2.05, 4.69) is 38.6 Å². The first kappa shape index (κ1) is 16.3. The standard InChI is InChI=1S/C15H23ClS2/c1-3-9-15(11-17,10-4-2)12-18-14-7-5-13(16)6-8-14/h5-8,17H,3-4,9-12H2,1-2H3. The van der Waals surface area contributed by atoms with Crippen molar-refractivity contribution in [1.29, 1.82) is 0 Å². The van der Waals surface area contributed by atoms with Crippen molar-refractivity contribution in [3.8, 4) is 0 Å². The maximum absolute atomic E-state index is 5.91. The van der Waals surface area contributed by atoms with Crippen molar-refractivity contribution in [2.45, 2.75) is 44.4 Å². The molecule has 0 spiro atoms. The third kappa shape index (κ3) is 5.07. The van der Waals surface area contributed by atoms with Crippen LogP contribution in [0.4, 0.5) is 0 Å². The second kappa shape index (κ2) is 8.39. The minimum atomic E-state index is 0.386. The van der Waals surface area contributed by atoms with Gasteiger partial charge in [0.1, 0.15) is 0 Å². The molecule has 0 unspecified atom stereocenters.